The zero-order chi connectivity index (χ0) is 78.4. The Morgan fingerprint density at radius 3 is 1.12 bits per heavy atom. The summed E-state index contributed by atoms with van der Waals surface area (Å²) in [6.45, 7) is 53.0. The number of aliphatic hydroxyl groups is 1. The molecule has 0 aromatic heterocycles. The second-order valence-corrected chi connectivity index (χ2v) is 35.2. The molecule has 6 heterocycles. The van der Waals surface area contributed by atoms with E-state index in [2.05, 4.69) is 24.2 Å². The second kappa shape index (κ2) is 42.7. The van der Waals surface area contributed by atoms with Crippen molar-refractivity contribution in [2.24, 2.45) is 46.4 Å². The van der Waals surface area contributed by atoms with Crippen LogP contribution in [0.1, 0.15) is 227 Å². The number of carboxylic acid groups (broad SMARTS) is 1. The Morgan fingerprint density at radius 2 is 0.882 bits per heavy atom. The zero-order valence-electron chi connectivity index (χ0n) is 69.9. The standard InChI is InChI=1S/C16H25NO4S.C12H21NO5.C9H18N4O.C9H20N2O.C9H17NO3.C9H19NO2.C3H5ClO2.B.4Na.2H/c1-12-6-8-14(9-7-12)22(19,20)21-11-13-10-15(2,3)17(18)16(13,4)5;1-6-17-10(15)18-9(14)8-7-11(2,3)13(16)12(8,4)5;1-8(2)5-7(6-11-12-10)9(3,4)13(8)14;1-8(2)5-7(6-10)9(3,4)11(8)12;1-8(2)5-6(7(11)12)9(3,4)10(8)13;1-8(2)5-7(6-11)9(3,4)10(8)12;1-2-6-3(4)5;;;;;;;/h6-9,13,18H,10-11H2,1-5H3;8,16H,6-7H2,1-5H3;7,14H,5-6H2,1-4H3;7,12H,5-6,10H2,1-4H3;6,13H,5H2,1-4H3,(H,11,12);7,11-12H,5-6H2,1-4H3;2H2,1H3;;;;;;;/q;;;;;;;;;;2*+1;2*-1. The van der Waals surface area contributed by atoms with Gasteiger partial charge in [-0.3, -0.25) is 13.8 Å². The number of hydrogen-bond acceptors (Lipinski definition) is 25. The van der Waals surface area contributed by atoms with Gasteiger partial charge in [-0.2, -0.15) is 38.8 Å². The maximum absolute atomic E-state index is 12.3. The molecule has 6 fully saturated rings. The van der Waals surface area contributed by atoms with Gasteiger partial charge in [-0.25, -0.2) is 9.59 Å². The number of carbonyl (C=O) groups excluding carboxylic acids is 3. The van der Waals surface area contributed by atoms with Crippen molar-refractivity contribution in [2.75, 3.05) is 39.5 Å². The molecule has 6 unspecified atom stereocenters. The molecule has 102 heavy (non-hydrogen) atoms. The van der Waals surface area contributed by atoms with Crippen LogP contribution in [-0.4, -0.2) is 262 Å². The van der Waals surface area contributed by atoms with E-state index < -0.39 is 78.7 Å². The van der Waals surface area contributed by atoms with E-state index in [0.29, 0.717) is 44.9 Å². The minimum atomic E-state index is -3.77. The van der Waals surface area contributed by atoms with Gasteiger partial charge in [-0.05, 0) is 262 Å². The average molecular weight is 1530 g/mol. The summed E-state index contributed by atoms with van der Waals surface area (Å²) in [5.74, 6) is -1.91. The number of aliphatic hydroxyl groups excluding tert-OH is 1. The summed E-state index contributed by atoms with van der Waals surface area (Å²) in [4.78, 5) is 46.5. The number of nitrogens with two attached hydrogens (primary N) is 1. The van der Waals surface area contributed by atoms with Crippen LogP contribution >= 0.6 is 11.6 Å². The SMILES string of the molecule is CC1(C)CC(C(=O)O)C(C)(C)N1O.CC1(C)CC(CN)C(C)(C)N1O.CC1(C)CC(CN=[N+]=[N-])C(C)(C)N1O.CC1(C)CC(CO)C(C)(C)N1O.CCOC(=O)Cl.CCOC(=O)OC(=O)C1CC(C)(C)N(O)C1(C)C.Cc1ccc(S(=O)(=O)OCC2CC(C)(C)N(O)C2(C)C)cc1.[B].[H-].[H-].[Na+].[Na+].[Na][Na]. The van der Waals surface area contributed by atoms with Gasteiger partial charge in [-0.1, -0.05) is 22.8 Å². The first-order chi connectivity index (χ1) is 44.5. The summed E-state index contributed by atoms with van der Waals surface area (Å²) < 4.78 is 43.1. The van der Waals surface area contributed by atoms with Crippen molar-refractivity contribution in [1.29, 1.82) is 0 Å². The van der Waals surface area contributed by atoms with Gasteiger partial charge in [0, 0.05) is 105 Å². The Morgan fingerprint density at radius 1 is 0.569 bits per heavy atom. The molecule has 10 N–H and O–H groups in total. The summed E-state index contributed by atoms with van der Waals surface area (Å²) in [5, 5.41) is 89.2. The fraction of sp³-hybridized carbons (Fsp3) is 0.851. The van der Waals surface area contributed by atoms with Crippen molar-refractivity contribution in [2.45, 2.75) is 297 Å². The monoisotopic (exact) mass is 1530 g/mol. The van der Waals surface area contributed by atoms with Crippen molar-refractivity contribution in [3.05, 3.63) is 40.3 Å². The van der Waals surface area contributed by atoms with Crippen LogP contribution in [0, 0.1) is 42.4 Å². The number of ether oxygens (including phenoxy) is 3. The quantitative estimate of drug-likeness (QED) is 0.0175. The number of hydrogen-bond donors (Lipinski definition) is 9. The van der Waals surface area contributed by atoms with Gasteiger partial charge >= 0.3 is 126 Å². The minimum absolute atomic E-state index is 0. The molecule has 7 rings (SSSR count). The predicted molar refractivity (Wildman–Crippen MR) is 387 cm³/mol. The van der Waals surface area contributed by atoms with Crippen molar-refractivity contribution in [1.82, 2.24) is 30.4 Å². The number of halogens is 1. The third-order valence-corrected chi connectivity index (χ3v) is 22.1. The summed E-state index contributed by atoms with van der Waals surface area (Å²) >= 11 is 7.61. The number of hydroxylamine groups is 12. The number of aliphatic carboxylic acids is 1. The molecule has 0 saturated carbocycles. The van der Waals surface area contributed by atoms with Gasteiger partial charge in [0.1, 0.15) is 0 Å². The molecule has 0 spiro atoms. The third kappa shape index (κ3) is 28.4. The number of nitrogens with zero attached hydrogens (tertiary/aromatic N) is 9. The number of azide groups is 1. The average Bonchev–Trinajstić information content (AvgIpc) is 1.69. The molecule has 1 aromatic carbocycles. The predicted octanol–water partition coefficient (Wildman–Crippen LogP) is 5.76. The number of carboxylic acids is 1. The summed E-state index contributed by atoms with van der Waals surface area (Å²) in [7, 11) is -3.77. The molecular formula is C67H127BClN10Na4O18S. The molecule has 6 aliphatic rings. The molecule has 0 amide bonds. The van der Waals surface area contributed by atoms with E-state index in [0.717, 1.165) is 29.9 Å². The zero-order valence-corrected chi connectivity index (χ0v) is 77.5. The third-order valence-electron chi connectivity index (χ3n) is 20.7. The van der Waals surface area contributed by atoms with Crippen molar-refractivity contribution in [3.8, 4) is 0 Å². The normalized spacial score (nSPS) is 26.5. The molecule has 1 aromatic rings. The van der Waals surface area contributed by atoms with E-state index in [-0.39, 0.29) is 146 Å². The Kier molecular flexibility index (Phi) is 45.4. The van der Waals surface area contributed by atoms with Crippen LogP contribution in [0.4, 0.5) is 9.59 Å². The Bertz CT molecular complexity index is 2920. The van der Waals surface area contributed by atoms with E-state index in [1.165, 1.54) is 68.9 Å². The van der Waals surface area contributed by atoms with Gasteiger partial charge < -0.3 is 64.3 Å². The van der Waals surface area contributed by atoms with Gasteiger partial charge in [0.15, 0.2) is 0 Å². The molecule has 28 nitrogen and oxygen atoms in total. The second-order valence-electron chi connectivity index (χ2n) is 33.3. The number of benzene rings is 1. The van der Waals surface area contributed by atoms with Crippen LogP contribution in [0.3, 0.4) is 0 Å². The van der Waals surface area contributed by atoms with Crippen molar-refractivity contribution in [3.63, 3.8) is 0 Å². The van der Waals surface area contributed by atoms with E-state index in [4.69, 9.17) is 37.3 Å². The van der Waals surface area contributed by atoms with Gasteiger partial charge in [0.2, 0.25) is 0 Å². The molecule has 0 aliphatic carbocycles. The van der Waals surface area contributed by atoms with Crippen LogP contribution in [0.15, 0.2) is 34.3 Å². The first kappa shape index (κ1) is 108. The number of aryl methyl sites for hydroxylation is 1. The molecule has 6 aliphatic heterocycles. The van der Waals surface area contributed by atoms with Gasteiger partial charge in [0.25, 0.3) is 10.1 Å². The maximum atomic E-state index is 12.3. The summed E-state index contributed by atoms with van der Waals surface area (Å²) in [5.41, 5.74) is 9.40. The van der Waals surface area contributed by atoms with Crippen molar-refractivity contribution >= 4 is 97.3 Å². The van der Waals surface area contributed by atoms with Crippen LogP contribution in [0.25, 0.3) is 10.4 Å². The van der Waals surface area contributed by atoms with E-state index in [1.807, 2.05) is 145 Å². The molecule has 0 bridgehead atoms. The van der Waals surface area contributed by atoms with Crippen LogP contribution < -0.4 is 64.8 Å². The fourth-order valence-electron chi connectivity index (χ4n) is 14.6. The van der Waals surface area contributed by atoms with E-state index in [1.54, 1.807) is 65.8 Å². The van der Waals surface area contributed by atoms with Crippen LogP contribution in [-0.2, 0) is 38.1 Å². The molecular weight excluding hydrogens is 1400 g/mol. The first-order valence-corrected chi connectivity index (χ1v) is 44.0. The number of carbonyl (C=O) groups is 4. The van der Waals surface area contributed by atoms with Crippen LogP contribution in [0.5, 0.6) is 0 Å². The molecule has 3 radical (unpaired) electrons. The molecule has 6 atom stereocenters. The Labute approximate surface area is 692 Å². The van der Waals surface area contributed by atoms with Crippen molar-refractivity contribution < 1.29 is 149 Å². The molecule has 35 heteroatoms. The van der Waals surface area contributed by atoms with Gasteiger partial charge in [0.05, 0.1) is 47.6 Å². The fourth-order valence-corrected chi connectivity index (χ4v) is 15.6. The summed E-state index contributed by atoms with van der Waals surface area (Å²) in [6.07, 6.45) is 3.21. The van der Waals surface area contributed by atoms with Gasteiger partial charge in [-0.15, -0.1) is 0 Å². The Balaban J connectivity index is -0.000000272. The first-order valence-electron chi connectivity index (χ1n) is 34.2. The molecule has 6 saturated heterocycles. The number of rotatable bonds is 12. The van der Waals surface area contributed by atoms with Crippen LogP contribution in [0.2, 0.25) is 0 Å². The molecule has 573 valence electrons. The van der Waals surface area contributed by atoms with E-state index >= 15 is 0 Å². The Hall–Kier alpha value is 0.115. The number of esters is 1. The summed E-state index contributed by atoms with van der Waals surface area (Å²) in [6, 6.07) is 6.59. The topological polar surface area (TPSA) is 395 Å². The van der Waals surface area contributed by atoms with E-state index in [9.17, 15) is 58.8 Å².